The standard InChI is InChI=1S/C14H15F3N2O3/c1-9-11(14(15,16)17)18(7-8-21-9)13(20)19-12(22-19)10-5-3-2-4-6-10/h2-6,9,11-12H,7-8H2,1H3/t9-,11-,12?,19?/m1/s1. The molecule has 0 aliphatic carbocycles. The summed E-state index contributed by atoms with van der Waals surface area (Å²) in [7, 11) is 0. The SMILES string of the molecule is C[C@H]1OCCN(C(=O)N2OC2c2ccccc2)[C@H]1C(F)(F)F. The van der Waals surface area contributed by atoms with Crippen LogP contribution < -0.4 is 0 Å². The lowest BCUT2D eigenvalue weighted by molar-refractivity contribution is -0.221. The van der Waals surface area contributed by atoms with Gasteiger partial charge in [-0.2, -0.15) is 18.2 Å². The molecule has 5 nitrogen and oxygen atoms in total. The summed E-state index contributed by atoms with van der Waals surface area (Å²) in [5.74, 6) is 0. The Morgan fingerprint density at radius 1 is 1.27 bits per heavy atom. The molecule has 120 valence electrons. The zero-order valence-electron chi connectivity index (χ0n) is 11.8. The summed E-state index contributed by atoms with van der Waals surface area (Å²) in [6.45, 7) is 1.27. The number of rotatable bonds is 1. The maximum atomic E-state index is 13.2. The average molecular weight is 316 g/mol. The molecular weight excluding hydrogens is 301 g/mol. The smallest absolute Gasteiger partial charge is 0.374 e. The van der Waals surface area contributed by atoms with Crippen molar-refractivity contribution in [2.45, 2.75) is 31.5 Å². The second-order valence-corrected chi connectivity index (χ2v) is 5.23. The number of carbonyl (C=O) groups is 1. The Morgan fingerprint density at radius 3 is 2.59 bits per heavy atom. The van der Waals surface area contributed by atoms with Gasteiger partial charge in [0.2, 0.25) is 6.23 Å². The lowest BCUT2D eigenvalue weighted by Gasteiger charge is -2.40. The average Bonchev–Trinajstić information content (AvgIpc) is 3.26. The van der Waals surface area contributed by atoms with E-state index in [-0.39, 0.29) is 13.2 Å². The van der Waals surface area contributed by atoms with E-state index < -0.39 is 30.6 Å². The van der Waals surface area contributed by atoms with Crippen LogP contribution in [0.2, 0.25) is 0 Å². The largest absolute Gasteiger partial charge is 0.411 e. The number of ether oxygens (including phenoxy) is 1. The highest BCUT2D eigenvalue weighted by Gasteiger charge is 2.55. The highest BCUT2D eigenvalue weighted by Crippen LogP contribution is 2.40. The molecule has 0 saturated carbocycles. The van der Waals surface area contributed by atoms with Gasteiger partial charge in [-0.25, -0.2) is 9.63 Å². The maximum absolute atomic E-state index is 13.2. The van der Waals surface area contributed by atoms with Gasteiger partial charge in [0, 0.05) is 12.1 Å². The molecule has 0 bridgehead atoms. The summed E-state index contributed by atoms with van der Waals surface area (Å²) in [5.41, 5.74) is 0.723. The van der Waals surface area contributed by atoms with Crippen LogP contribution in [0, 0.1) is 0 Å². The minimum Gasteiger partial charge on any atom is -0.374 e. The van der Waals surface area contributed by atoms with Gasteiger partial charge < -0.3 is 9.64 Å². The molecule has 0 N–H and O–H groups in total. The van der Waals surface area contributed by atoms with Gasteiger partial charge >= 0.3 is 12.2 Å². The number of alkyl halides is 3. The molecule has 0 radical (unpaired) electrons. The van der Waals surface area contributed by atoms with Crippen LogP contribution in [0.25, 0.3) is 0 Å². The number of hydroxylamine groups is 2. The van der Waals surface area contributed by atoms with Crippen molar-refractivity contribution in [3.63, 3.8) is 0 Å². The van der Waals surface area contributed by atoms with E-state index in [1.165, 1.54) is 6.92 Å². The lowest BCUT2D eigenvalue weighted by Crippen LogP contribution is -2.60. The van der Waals surface area contributed by atoms with Crippen molar-refractivity contribution >= 4 is 6.03 Å². The Balaban J connectivity index is 1.74. The molecule has 3 rings (SSSR count). The van der Waals surface area contributed by atoms with Crippen LogP contribution in [-0.2, 0) is 9.57 Å². The molecule has 3 atom stereocenters. The Labute approximate surface area is 125 Å². The molecule has 2 heterocycles. The van der Waals surface area contributed by atoms with E-state index in [4.69, 9.17) is 9.57 Å². The molecule has 8 heteroatoms. The number of nitrogens with zero attached hydrogens (tertiary/aromatic N) is 2. The van der Waals surface area contributed by atoms with Gasteiger partial charge in [0.05, 0.1) is 12.7 Å². The predicted octanol–water partition coefficient (Wildman–Crippen LogP) is 2.70. The van der Waals surface area contributed by atoms with Gasteiger partial charge in [0.1, 0.15) is 0 Å². The molecule has 0 spiro atoms. The number of hydrogen-bond donors (Lipinski definition) is 0. The highest BCUT2D eigenvalue weighted by molar-refractivity contribution is 5.76. The van der Waals surface area contributed by atoms with E-state index in [1.807, 2.05) is 0 Å². The zero-order chi connectivity index (χ0) is 15.9. The third kappa shape index (κ3) is 2.76. The van der Waals surface area contributed by atoms with Crippen LogP contribution >= 0.6 is 0 Å². The van der Waals surface area contributed by atoms with Gasteiger partial charge in [0.25, 0.3) is 0 Å². The molecule has 1 unspecified atom stereocenters. The fourth-order valence-corrected chi connectivity index (χ4v) is 2.64. The number of halogens is 3. The fraction of sp³-hybridized carbons (Fsp3) is 0.500. The molecular formula is C14H15F3N2O3. The van der Waals surface area contributed by atoms with Gasteiger partial charge in [-0.15, -0.1) is 0 Å². The summed E-state index contributed by atoms with van der Waals surface area (Å²) in [6.07, 6.45) is -6.28. The summed E-state index contributed by atoms with van der Waals surface area (Å²) < 4.78 is 44.6. The van der Waals surface area contributed by atoms with Crippen LogP contribution in [0.3, 0.4) is 0 Å². The van der Waals surface area contributed by atoms with Crippen molar-refractivity contribution in [2.24, 2.45) is 0 Å². The first kappa shape index (κ1) is 15.1. The number of hydrogen-bond acceptors (Lipinski definition) is 3. The van der Waals surface area contributed by atoms with E-state index in [1.54, 1.807) is 30.3 Å². The van der Waals surface area contributed by atoms with Gasteiger partial charge in [-0.05, 0) is 6.92 Å². The van der Waals surface area contributed by atoms with Crippen molar-refractivity contribution in [3.05, 3.63) is 35.9 Å². The van der Waals surface area contributed by atoms with Crippen molar-refractivity contribution in [2.75, 3.05) is 13.2 Å². The minimum atomic E-state index is -4.55. The number of carbonyl (C=O) groups excluding carboxylic acids is 1. The molecule has 1 aromatic carbocycles. The highest BCUT2D eigenvalue weighted by atomic mass is 19.4. The first-order chi connectivity index (χ1) is 10.4. The topological polar surface area (TPSA) is 45.1 Å². The van der Waals surface area contributed by atoms with E-state index in [0.717, 1.165) is 15.5 Å². The number of morpholine rings is 1. The van der Waals surface area contributed by atoms with Crippen LogP contribution in [0.5, 0.6) is 0 Å². The van der Waals surface area contributed by atoms with E-state index >= 15 is 0 Å². The van der Waals surface area contributed by atoms with Gasteiger partial charge in [-0.3, -0.25) is 0 Å². The van der Waals surface area contributed by atoms with Crippen LogP contribution in [0.15, 0.2) is 30.3 Å². The number of benzene rings is 1. The molecule has 2 aliphatic heterocycles. The van der Waals surface area contributed by atoms with Crippen molar-refractivity contribution in [1.29, 1.82) is 0 Å². The third-order valence-corrected chi connectivity index (χ3v) is 3.73. The van der Waals surface area contributed by atoms with Gasteiger partial charge in [-0.1, -0.05) is 30.3 Å². The maximum Gasteiger partial charge on any atom is 0.411 e. The summed E-state index contributed by atoms with van der Waals surface area (Å²) in [4.78, 5) is 18.2. The lowest BCUT2D eigenvalue weighted by atomic mass is 10.1. The van der Waals surface area contributed by atoms with E-state index in [0.29, 0.717) is 0 Å². The molecule has 2 saturated heterocycles. The molecule has 2 fully saturated rings. The Morgan fingerprint density at radius 2 is 1.95 bits per heavy atom. The summed E-state index contributed by atoms with van der Waals surface area (Å²) in [6, 6.07) is 6.11. The first-order valence-electron chi connectivity index (χ1n) is 6.89. The van der Waals surface area contributed by atoms with Gasteiger partial charge in [0.15, 0.2) is 6.04 Å². The number of urea groups is 1. The van der Waals surface area contributed by atoms with Crippen molar-refractivity contribution in [1.82, 2.24) is 9.96 Å². The predicted molar refractivity (Wildman–Crippen MR) is 69.5 cm³/mol. The summed E-state index contributed by atoms with van der Waals surface area (Å²) in [5, 5.41) is 0.964. The second-order valence-electron chi connectivity index (χ2n) is 5.23. The van der Waals surface area contributed by atoms with Crippen LogP contribution in [-0.4, -0.2) is 47.5 Å². The normalized spacial score (nSPS) is 28.6. The Hall–Kier alpha value is -1.80. The Kier molecular flexibility index (Phi) is 3.73. The van der Waals surface area contributed by atoms with Crippen molar-refractivity contribution in [3.8, 4) is 0 Å². The second kappa shape index (κ2) is 5.44. The van der Waals surface area contributed by atoms with E-state index in [9.17, 15) is 18.0 Å². The first-order valence-corrected chi connectivity index (χ1v) is 6.89. The molecule has 2 aliphatic rings. The Bertz CT molecular complexity index is 552. The summed E-state index contributed by atoms with van der Waals surface area (Å²) >= 11 is 0. The molecule has 2 amide bonds. The fourth-order valence-electron chi connectivity index (χ4n) is 2.64. The van der Waals surface area contributed by atoms with Crippen LogP contribution in [0.4, 0.5) is 18.0 Å². The monoisotopic (exact) mass is 316 g/mol. The van der Waals surface area contributed by atoms with Crippen molar-refractivity contribution < 1.29 is 27.5 Å². The quantitative estimate of drug-likeness (QED) is 0.748. The molecule has 22 heavy (non-hydrogen) atoms. The zero-order valence-corrected chi connectivity index (χ0v) is 11.8. The third-order valence-electron chi connectivity index (χ3n) is 3.73. The molecule has 0 aromatic heterocycles. The minimum absolute atomic E-state index is 0.0727. The number of amides is 2. The van der Waals surface area contributed by atoms with Crippen LogP contribution in [0.1, 0.15) is 18.7 Å². The van der Waals surface area contributed by atoms with E-state index in [2.05, 4.69) is 0 Å². The molecule has 1 aromatic rings.